The van der Waals surface area contributed by atoms with E-state index in [2.05, 4.69) is 18.3 Å². The van der Waals surface area contributed by atoms with Gasteiger partial charge in [-0.3, -0.25) is 0 Å². The number of rotatable bonds is 5. The molecule has 1 fully saturated rings. The molecule has 1 aliphatic carbocycles. The van der Waals surface area contributed by atoms with Crippen LogP contribution in [0.5, 0.6) is 0 Å². The number of halogens is 6. The molecule has 0 bridgehead atoms. The zero-order valence-electron chi connectivity index (χ0n) is 18.0. The monoisotopic (exact) mass is 462 g/mol. The summed E-state index contributed by atoms with van der Waals surface area (Å²) in [7, 11) is 0. The Labute approximate surface area is 183 Å². The molecule has 1 heterocycles. The fraction of sp³-hybridized carbons (Fsp3) is 0.565. The van der Waals surface area contributed by atoms with Gasteiger partial charge in [0.15, 0.2) is 0 Å². The van der Waals surface area contributed by atoms with Crippen molar-refractivity contribution in [2.45, 2.75) is 63.1 Å². The van der Waals surface area contributed by atoms with Crippen LogP contribution in [0.3, 0.4) is 0 Å². The van der Waals surface area contributed by atoms with E-state index >= 15 is 0 Å². The van der Waals surface area contributed by atoms with Crippen LogP contribution < -0.4 is 11.1 Å². The van der Waals surface area contributed by atoms with E-state index in [9.17, 15) is 26.3 Å². The lowest BCUT2D eigenvalue weighted by Gasteiger charge is -2.52. The van der Waals surface area contributed by atoms with Gasteiger partial charge < -0.3 is 15.8 Å². The first-order valence-corrected chi connectivity index (χ1v) is 10.5. The van der Waals surface area contributed by atoms with Gasteiger partial charge in [0.05, 0.1) is 29.4 Å². The largest absolute Gasteiger partial charge is 0.416 e. The molecule has 32 heavy (non-hydrogen) atoms. The second-order valence-electron chi connectivity index (χ2n) is 8.96. The SMILES string of the molecule is C[C@@H](OC[C@@]1(C2(C)C=CC=CC2)CC[C@H](N)CN1)c1cc(C(F)(F)F)cc(C(F)(F)F)c1. The normalized spacial score (nSPS) is 29.8. The van der Waals surface area contributed by atoms with E-state index in [4.69, 9.17) is 10.5 Å². The zero-order valence-corrected chi connectivity index (χ0v) is 18.0. The van der Waals surface area contributed by atoms with Gasteiger partial charge >= 0.3 is 12.4 Å². The van der Waals surface area contributed by atoms with Gasteiger partial charge in [-0.25, -0.2) is 0 Å². The van der Waals surface area contributed by atoms with Crippen LogP contribution in [0.1, 0.15) is 55.9 Å². The minimum absolute atomic E-state index is 0.0231. The lowest BCUT2D eigenvalue weighted by atomic mass is 9.64. The molecule has 0 amide bonds. The number of benzene rings is 1. The Kier molecular flexibility index (Phi) is 6.85. The van der Waals surface area contributed by atoms with E-state index in [0.29, 0.717) is 13.0 Å². The smallest absolute Gasteiger partial charge is 0.372 e. The van der Waals surface area contributed by atoms with Crippen LogP contribution in [-0.2, 0) is 17.1 Å². The number of hydrogen-bond donors (Lipinski definition) is 2. The summed E-state index contributed by atoms with van der Waals surface area (Å²) in [6.45, 7) is 4.20. The molecule has 0 radical (unpaired) electrons. The summed E-state index contributed by atoms with van der Waals surface area (Å²) in [5.74, 6) is 0. The predicted octanol–water partition coefficient (Wildman–Crippen LogP) is 5.77. The Morgan fingerprint density at radius 2 is 1.72 bits per heavy atom. The first kappa shape index (κ1) is 24.8. The quantitative estimate of drug-likeness (QED) is 0.546. The molecule has 0 saturated carbocycles. The fourth-order valence-corrected chi connectivity index (χ4v) is 4.38. The Hall–Kier alpha value is -1.84. The molecule has 1 saturated heterocycles. The van der Waals surface area contributed by atoms with Gasteiger partial charge in [0.2, 0.25) is 0 Å². The second-order valence-corrected chi connectivity index (χ2v) is 8.96. The number of piperidine rings is 1. The maximum Gasteiger partial charge on any atom is 0.416 e. The number of ether oxygens (including phenoxy) is 1. The van der Waals surface area contributed by atoms with E-state index in [0.717, 1.165) is 25.0 Å². The highest BCUT2D eigenvalue weighted by atomic mass is 19.4. The maximum absolute atomic E-state index is 13.2. The van der Waals surface area contributed by atoms with Gasteiger partial charge in [0.25, 0.3) is 0 Å². The lowest BCUT2D eigenvalue weighted by Crippen LogP contribution is -2.65. The van der Waals surface area contributed by atoms with Crippen LogP contribution in [0, 0.1) is 5.41 Å². The summed E-state index contributed by atoms with van der Waals surface area (Å²) in [6, 6.07) is 1.55. The van der Waals surface area contributed by atoms with Crippen molar-refractivity contribution >= 4 is 0 Å². The molecule has 1 aromatic rings. The molecule has 1 aromatic carbocycles. The van der Waals surface area contributed by atoms with E-state index in [1.54, 1.807) is 0 Å². The standard InChI is InChI=1S/C23H28F6N2O/c1-15(16-10-17(22(24,25)26)12-18(11-16)23(27,28)29)32-14-21(9-6-19(30)13-31-21)20(2)7-4-3-5-8-20/h3-5,7,10-12,15,19,31H,6,8-9,13-14,30H2,1-2H3/t15-,19+,20?,21-/m1/s1. The number of hydrogen-bond acceptors (Lipinski definition) is 3. The molecule has 9 heteroatoms. The summed E-state index contributed by atoms with van der Waals surface area (Å²) in [5.41, 5.74) is 2.29. The lowest BCUT2D eigenvalue weighted by molar-refractivity contribution is -0.143. The van der Waals surface area contributed by atoms with E-state index in [-0.39, 0.29) is 29.7 Å². The van der Waals surface area contributed by atoms with Crippen molar-refractivity contribution < 1.29 is 31.1 Å². The summed E-state index contributed by atoms with van der Waals surface area (Å²) in [4.78, 5) is 0. The van der Waals surface area contributed by atoms with Gasteiger partial charge in [0.1, 0.15) is 0 Å². The van der Waals surface area contributed by atoms with Crippen molar-refractivity contribution in [3.63, 3.8) is 0 Å². The third kappa shape index (κ3) is 5.21. The van der Waals surface area contributed by atoms with Crippen LogP contribution in [0.2, 0.25) is 0 Å². The molecule has 3 nitrogen and oxygen atoms in total. The van der Waals surface area contributed by atoms with Crippen molar-refractivity contribution in [1.82, 2.24) is 5.32 Å². The highest BCUT2D eigenvalue weighted by Gasteiger charge is 2.48. The van der Waals surface area contributed by atoms with Crippen molar-refractivity contribution in [3.05, 3.63) is 59.2 Å². The van der Waals surface area contributed by atoms with Gasteiger partial charge in [-0.1, -0.05) is 31.2 Å². The molecule has 178 valence electrons. The highest BCUT2D eigenvalue weighted by Crippen LogP contribution is 2.44. The van der Waals surface area contributed by atoms with Crippen LogP contribution >= 0.6 is 0 Å². The number of alkyl halides is 6. The number of nitrogens with one attached hydrogen (secondary N) is 1. The topological polar surface area (TPSA) is 47.3 Å². The Bertz CT molecular complexity index is 836. The first-order valence-electron chi connectivity index (χ1n) is 10.5. The number of allylic oxidation sites excluding steroid dienone is 3. The summed E-state index contributed by atoms with van der Waals surface area (Å²) < 4.78 is 85.3. The average molecular weight is 462 g/mol. The van der Waals surface area contributed by atoms with Gasteiger partial charge in [-0.05, 0) is 49.9 Å². The molecular formula is C23H28F6N2O. The van der Waals surface area contributed by atoms with E-state index < -0.39 is 35.1 Å². The van der Waals surface area contributed by atoms with Gasteiger partial charge in [0, 0.05) is 18.0 Å². The van der Waals surface area contributed by atoms with Crippen LogP contribution in [0.15, 0.2) is 42.5 Å². The van der Waals surface area contributed by atoms with Crippen LogP contribution in [0.25, 0.3) is 0 Å². The third-order valence-corrected chi connectivity index (χ3v) is 6.65. The van der Waals surface area contributed by atoms with Crippen molar-refractivity contribution in [2.75, 3.05) is 13.2 Å². The molecule has 1 unspecified atom stereocenters. The summed E-state index contributed by atoms with van der Waals surface area (Å²) >= 11 is 0. The minimum atomic E-state index is -4.90. The Morgan fingerprint density at radius 3 is 2.19 bits per heavy atom. The minimum Gasteiger partial charge on any atom is -0.372 e. The summed E-state index contributed by atoms with van der Waals surface area (Å²) in [6.07, 6.45) is -0.658. The fourth-order valence-electron chi connectivity index (χ4n) is 4.38. The van der Waals surface area contributed by atoms with Crippen molar-refractivity contribution in [2.24, 2.45) is 11.1 Å². The predicted molar refractivity (Wildman–Crippen MR) is 110 cm³/mol. The molecule has 0 spiro atoms. The molecule has 3 rings (SSSR count). The van der Waals surface area contributed by atoms with Crippen LogP contribution in [-0.4, -0.2) is 24.7 Å². The highest BCUT2D eigenvalue weighted by molar-refractivity contribution is 5.34. The van der Waals surface area contributed by atoms with E-state index in [1.807, 2.05) is 18.2 Å². The molecule has 2 aliphatic rings. The number of nitrogens with two attached hydrogens (primary N) is 1. The van der Waals surface area contributed by atoms with Gasteiger partial charge in [-0.2, -0.15) is 26.3 Å². The third-order valence-electron chi connectivity index (χ3n) is 6.65. The molecule has 3 N–H and O–H groups in total. The van der Waals surface area contributed by atoms with Crippen LogP contribution in [0.4, 0.5) is 26.3 Å². The molecule has 0 aromatic heterocycles. The maximum atomic E-state index is 13.2. The molecular weight excluding hydrogens is 434 g/mol. The molecule has 1 aliphatic heterocycles. The summed E-state index contributed by atoms with van der Waals surface area (Å²) in [5, 5.41) is 3.48. The van der Waals surface area contributed by atoms with E-state index in [1.165, 1.54) is 6.92 Å². The second kappa shape index (κ2) is 8.83. The first-order chi connectivity index (χ1) is 14.8. The van der Waals surface area contributed by atoms with Crippen molar-refractivity contribution in [3.8, 4) is 0 Å². The average Bonchev–Trinajstić information content (AvgIpc) is 2.72. The Balaban J connectivity index is 1.87. The zero-order chi connectivity index (χ0) is 23.8. The molecule has 4 atom stereocenters. The van der Waals surface area contributed by atoms with Crippen molar-refractivity contribution in [1.29, 1.82) is 0 Å². The van der Waals surface area contributed by atoms with Gasteiger partial charge in [-0.15, -0.1) is 0 Å². The Morgan fingerprint density at radius 1 is 1.09 bits per heavy atom.